The lowest BCUT2D eigenvalue weighted by molar-refractivity contribution is 0.458. The van der Waals surface area contributed by atoms with E-state index >= 15 is 0 Å². The molecule has 1 rings (SSSR count). The highest BCUT2D eigenvalue weighted by Gasteiger charge is 2.08. The molecule has 0 aliphatic heterocycles. The predicted octanol–water partition coefficient (Wildman–Crippen LogP) is 2.14. The van der Waals surface area contributed by atoms with Crippen LogP contribution in [0.4, 0.5) is 0 Å². The summed E-state index contributed by atoms with van der Waals surface area (Å²) in [6.45, 7) is 5.48. The number of phenolic OH excluding ortho intramolecular Hbond substituents is 1. The SMILES string of the molecule is C=CCc1cccc([C@H](C)N)c1O. The summed E-state index contributed by atoms with van der Waals surface area (Å²) < 4.78 is 0. The molecule has 0 aromatic heterocycles. The molecule has 13 heavy (non-hydrogen) atoms. The van der Waals surface area contributed by atoms with Crippen LogP contribution in [0.2, 0.25) is 0 Å². The van der Waals surface area contributed by atoms with Gasteiger partial charge in [-0.25, -0.2) is 0 Å². The number of para-hydroxylation sites is 1. The first kappa shape index (κ1) is 9.81. The van der Waals surface area contributed by atoms with Gasteiger partial charge in [-0.3, -0.25) is 0 Å². The van der Waals surface area contributed by atoms with Crippen molar-refractivity contribution in [3.8, 4) is 5.75 Å². The van der Waals surface area contributed by atoms with Crippen LogP contribution in [0.15, 0.2) is 30.9 Å². The summed E-state index contributed by atoms with van der Waals surface area (Å²) in [5, 5.41) is 9.76. The molecule has 0 aliphatic carbocycles. The van der Waals surface area contributed by atoms with Crippen LogP contribution in [0.5, 0.6) is 5.75 Å². The second kappa shape index (κ2) is 4.10. The second-order valence-corrected chi connectivity index (χ2v) is 3.14. The molecule has 3 N–H and O–H groups in total. The average molecular weight is 177 g/mol. The molecule has 0 fully saturated rings. The zero-order chi connectivity index (χ0) is 9.84. The molecule has 1 atom stereocenters. The van der Waals surface area contributed by atoms with Crippen molar-refractivity contribution in [2.75, 3.05) is 0 Å². The summed E-state index contributed by atoms with van der Waals surface area (Å²) >= 11 is 0. The van der Waals surface area contributed by atoms with Gasteiger partial charge in [-0.05, 0) is 18.9 Å². The van der Waals surface area contributed by atoms with Gasteiger partial charge in [-0.1, -0.05) is 24.3 Å². The monoisotopic (exact) mass is 177 g/mol. The topological polar surface area (TPSA) is 46.2 Å². The minimum Gasteiger partial charge on any atom is -0.507 e. The van der Waals surface area contributed by atoms with Gasteiger partial charge in [0, 0.05) is 11.6 Å². The van der Waals surface area contributed by atoms with Crippen LogP contribution in [-0.4, -0.2) is 5.11 Å². The minimum atomic E-state index is -0.134. The summed E-state index contributed by atoms with van der Waals surface area (Å²) in [6.07, 6.45) is 2.44. The third-order valence-electron chi connectivity index (χ3n) is 2.01. The largest absolute Gasteiger partial charge is 0.507 e. The Morgan fingerprint density at radius 2 is 2.31 bits per heavy atom. The fourth-order valence-electron chi connectivity index (χ4n) is 1.30. The summed E-state index contributed by atoms with van der Waals surface area (Å²) in [7, 11) is 0. The number of nitrogens with two attached hydrogens (primary N) is 1. The Bertz CT molecular complexity index is 305. The van der Waals surface area contributed by atoms with Crippen molar-refractivity contribution in [2.24, 2.45) is 5.73 Å². The van der Waals surface area contributed by atoms with Gasteiger partial charge >= 0.3 is 0 Å². The molecule has 0 radical (unpaired) electrons. The van der Waals surface area contributed by atoms with Crippen LogP contribution in [0.1, 0.15) is 24.1 Å². The van der Waals surface area contributed by atoms with E-state index in [0.29, 0.717) is 12.2 Å². The van der Waals surface area contributed by atoms with Gasteiger partial charge < -0.3 is 10.8 Å². The number of benzene rings is 1. The third kappa shape index (κ3) is 2.10. The van der Waals surface area contributed by atoms with Gasteiger partial charge in [-0.2, -0.15) is 0 Å². The summed E-state index contributed by atoms with van der Waals surface area (Å²) in [5.74, 6) is 0.303. The maximum atomic E-state index is 9.76. The van der Waals surface area contributed by atoms with Gasteiger partial charge in [0.1, 0.15) is 5.75 Å². The molecule has 1 aromatic carbocycles. The van der Waals surface area contributed by atoms with E-state index in [2.05, 4.69) is 6.58 Å². The van der Waals surface area contributed by atoms with E-state index in [1.807, 2.05) is 25.1 Å². The molecule has 70 valence electrons. The Labute approximate surface area is 78.7 Å². The Hall–Kier alpha value is -1.28. The van der Waals surface area contributed by atoms with Crippen molar-refractivity contribution in [1.82, 2.24) is 0 Å². The Kier molecular flexibility index (Phi) is 3.09. The highest BCUT2D eigenvalue weighted by atomic mass is 16.3. The molecule has 0 bridgehead atoms. The van der Waals surface area contributed by atoms with Gasteiger partial charge in [-0.15, -0.1) is 6.58 Å². The Morgan fingerprint density at radius 1 is 1.62 bits per heavy atom. The van der Waals surface area contributed by atoms with E-state index in [0.717, 1.165) is 11.1 Å². The van der Waals surface area contributed by atoms with Crippen molar-refractivity contribution in [3.63, 3.8) is 0 Å². The number of aromatic hydroxyl groups is 1. The van der Waals surface area contributed by atoms with Crippen molar-refractivity contribution in [2.45, 2.75) is 19.4 Å². The van der Waals surface area contributed by atoms with E-state index in [4.69, 9.17) is 5.73 Å². The Morgan fingerprint density at radius 3 is 2.85 bits per heavy atom. The fraction of sp³-hybridized carbons (Fsp3) is 0.273. The summed E-state index contributed by atoms with van der Waals surface area (Å²) in [6, 6.07) is 5.48. The fourth-order valence-corrected chi connectivity index (χ4v) is 1.30. The third-order valence-corrected chi connectivity index (χ3v) is 2.01. The summed E-state index contributed by atoms with van der Waals surface area (Å²) in [4.78, 5) is 0. The normalized spacial score (nSPS) is 12.5. The van der Waals surface area contributed by atoms with Crippen LogP contribution in [-0.2, 0) is 6.42 Å². The van der Waals surface area contributed by atoms with Crippen molar-refractivity contribution in [1.29, 1.82) is 0 Å². The van der Waals surface area contributed by atoms with E-state index in [9.17, 15) is 5.11 Å². The second-order valence-electron chi connectivity index (χ2n) is 3.14. The molecular formula is C11H15NO. The van der Waals surface area contributed by atoms with Gasteiger partial charge in [0.05, 0.1) is 0 Å². The Balaban J connectivity index is 3.10. The molecule has 0 saturated carbocycles. The van der Waals surface area contributed by atoms with Crippen LogP contribution >= 0.6 is 0 Å². The molecule has 2 heteroatoms. The molecule has 2 nitrogen and oxygen atoms in total. The maximum absolute atomic E-state index is 9.76. The van der Waals surface area contributed by atoms with E-state index in [1.165, 1.54) is 0 Å². The van der Waals surface area contributed by atoms with Gasteiger partial charge in [0.25, 0.3) is 0 Å². The quantitative estimate of drug-likeness (QED) is 0.695. The van der Waals surface area contributed by atoms with Crippen molar-refractivity contribution in [3.05, 3.63) is 42.0 Å². The molecule has 0 spiro atoms. The van der Waals surface area contributed by atoms with Crippen molar-refractivity contribution < 1.29 is 5.11 Å². The lowest BCUT2D eigenvalue weighted by atomic mass is 10.0. The van der Waals surface area contributed by atoms with Crippen LogP contribution < -0.4 is 5.73 Å². The smallest absolute Gasteiger partial charge is 0.123 e. The number of hydrogen-bond donors (Lipinski definition) is 2. The molecule has 0 saturated heterocycles. The number of hydrogen-bond acceptors (Lipinski definition) is 2. The first-order valence-electron chi connectivity index (χ1n) is 4.34. The average Bonchev–Trinajstić information content (AvgIpc) is 2.08. The summed E-state index contributed by atoms with van der Waals surface area (Å²) in [5.41, 5.74) is 7.36. The maximum Gasteiger partial charge on any atom is 0.123 e. The lowest BCUT2D eigenvalue weighted by Crippen LogP contribution is -2.05. The molecule has 0 amide bonds. The molecular weight excluding hydrogens is 162 g/mol. The number of allylic oxidation sites excluding steroid dienone is 1. The zero-order valence-electron chi connectivity index (χ0n) is 7.83. The van der Waals surface area contributed by atoms with Gasteiger partial charge in [0.2, 0.25) is 0 Å². The van der Waals surface area contributed by atoms with E-state index < -0.39 is 0 Å². The standard InChI is InChI=1S/C11H15NO/c1-3-5-9-6-4-7-10(8(2)12)11(9)13/h3-4,6-8,13H,1,5,12H2,2H3/t8-/m0/s1. The first-order chi connectivity index (χ1) is 6.16. The minimum absolute atomic E-state index is 0.134. The highest BCUT2D eigenvalue weighted by molar-refractivity contribution is 5.42. The lowest BCUT2D eigenvalue weighted by Gasteiger charge is -2.10. The molecule has 0 aliphatic rings. The first-order valence-corrected chi connectivity index (χ1v) is 4.34. The van der Waals surface area contributed by atoms with E-state index in [-0.39, 0.29) is 6.04 Å². The van der Waals surface area contributed by atoms with E-state index in [1.54, 1.807) is 6.08 Å². The predicted molar refractivity (Wildman–Crippen MR) is 54.6 cm³/mol. The molecule has 0 unspecified atom stereocenters. The zero-order valence-corrected chi connectivity index (χ0v) is 7.83. The van der Waals surface area contributed by atoms with Crippen LogP contribution in [0, 0.1) is 0 Å². The van der Waals surface area contributed by atoms with Crippen molar-refractivity contribution >= 4 is 0 Å². The van der Waals surface area contributed by atoms with Crippen LogP contribution in [0.25, 0.3) is 0 Å². The van der Waals surface area contributed by atoms with Crippen LogP contribution in [0.3, 0.4) is 0 Å². The molecule has 0 heterocycles. The number of rotatable bonds is 3. The van der Waals surface area contributed by atoms with Gasteiger partial charge in [0.15, 0.2) is 0 Å². The number of phenols is 1. The molecule has 1 aromatic rings. The highest BCUT2D eigenvalue weighted by Crippen LogP contribution is 2.26.